The number of hydrogen-bond acceptors (Lipinski definition) is 6. The van der Waals surface area contributed by atoms with Crippen LogP contribution in [0.25, 0.3) is 0 Å². The normalized spacial score (nSPS) is 12.8. The van der Waals surface area contributed by atoms with Crippen LogP contribution in [0.3, 0.4) is 0 Å². The molecule has 0 unspecified atom stereocenters. The van der Waals surface area contributed by atoms with Crippen molar-refractivity contribution >= 4 is 69.0 Å². The van der Waals surface area contributed by atoms with Crippen LogP contribution >= 0.6 is 46.3 Å². The van der Waals surface area contributed by atoms with E-state index in [9.17, 15) is 0 Å². The van der Waals surface area contributed by atoms with E-state index in [1.54, 1.807) is 18.0 Å². The van der Waals surface area contributed by atoms with E-state index in [0.717, 1.165) is 21.9 Å². The first-order valence-corrected chi connectivity index (χ1v) is 11.5. The molecular formula is C22H14Cl2N4S2. The van der Waals surface area contributed by atoms with E-state index in [4.69, 9.17) is 23.2 Å². The van der Waals surface area contributed by atoms with E-state index in [-0.39, 0.29) is 0 Å². The molecule has 0 radical (unpaired) electrons. The van der Waals surface area contributed by atoms with Gasteiger partial charge in [-0.2, -0.15) is 0 Å². The van der Waals surface area contributed by atoms with Gasteiger partial charge in [0.2, 0.25) is 5.13 Å². The molecule has 0 bridgehead atoms. The van der Waals surface area contributed by atoms with Crippen molar-refractivity contribution in [3.63, 3.8) is 0 Å². The second-order valence-corrected chi connectivity index (χ2v) is 9.49. The highest BCUT2D eigenvalue weighted by Crippen LogP contribution is 2.49. The second kappa shape index (κ2) is 8.40. The van der Waals surface area contributed by atoms with Gasteiger partial charge < -0.3 is 4.90 Å². The van der Waals surface area contributed by atoms with Crippen molar-refractivity contribution in [2.75, 3.05) is 4.90 Å². The van der Waals surface area contributed by atoms with Gasteiger partial charge in [0.15, 0.2) is 0 Å². The molecular weight excluding hydrogens is 455 g/mol. The number of para-hydroxylation sites is 1. The number of aromatic nitrogens is 2. The number of benzene rings is 3. The van der Waals surface area contributed by atoms with Crippen molar-refractivity contribution in [2.45, 2.75) is 16.3 Å². The summed E-state index contributed by atoms with van der Waals surface area (Å²) >= 11 is 15.7. The predicted octanol–water partition coefficient (Wildman–Crippen LogP) is 7.40. The molecule has 0 fully saturated rings. The summed E-state index contributed by atoms with van der Waals surface area (Å²) in [5, 5.41) is 11.4. The van der Waals surface area contributed by atoms with Crippen molar-refractivity contribution in [1.82, 2.24) is 10.2 Å². The van der Waals surface area contributed by atoms with Gasteiger partial charge in [-0.05, 0) is 36.4 Å². The van der Waals surface area contributed by atoms with Gasteiger partial charge in [-0.3, -0.25) is 0 Å². The zero-order chi connectivity index (χ0) is 20.5. The maximum absolute atomic E-state index is 6.30. The Morgan fingerprint density at radius 1 is 0.900 bits per heavy atom. The molecule has 0 saturated carbocycles. The predicted molar refractivity (Wildman–Crippen MR) is 126 cm³/mol. The molecule has 0 N–H and O–H groups in total. The van der Waals surface area contributed by atoms with E-state index in [1.807, 2.05) is 42.5 Å². The van der Waals surface area contributed by atoms with E-state index < -0.39 is 0 Å². The highest BCUT2D eigenvalue weighted by atomic mass is 35.5. The van der Waals surface area contributed by atoms with Gasteiger partial charge >= 0.3 is 0 Å². The molecule has 4 nitrogen and oxygen atoms in total. The number of anilines is 2. The number of aliphatic imine (C=N–C) groups is 1. The number of fused-ring (bicyclic) bond motifs is 2. The summed E-state index contributed by atoms with van der Waals surface area (Å²) < 4.78 is 0. The molecule has 0 atom stereocenters. The van der Waals surface area contributed by atoms with E-state index >= 15 is 0 Å². The first-order valence-electron chi connectivity index (χ1n) is 9.12. The molecule has 0 aliphatic carbocycles. The molecule has 5 rings (SSSR count). The van der Waals surface area contributed by atoms with Gasteiger partial charge in [-0.25, -0.2) is 4.99 Å². The summed E-state index contributed by atoms with van der Waals surface area (Å²) in [6, 6.07) is 21.9. The summed E-state index contributed by atoms with van der Waals surface area (Å²) in [6.45, 7) is 0.587. The number of halogens is 2. The Morgan fingerprint density at radius 3 is 2.60 bits per heavy atom. The Bertz CT molecular complexity index is 1260. The number of nitrogens with zero attached hydrogens (tertiary/aromatic N) is 4. The van der Waals surface area contributed by atoms with Gasteiger partial charge in [0.05, 0.1) is 17.9 Å². The van der Waals surface area contributed by atoms with Crippen molar-refractivity contribution in [3.8, 4) is 0 Å². The zero-order valence-electron chi connectivity index (χ0n) is 15.5. The fourth-order valence-electron chi connectivity index (χ4n) is 3.17. The summed E-state index contributed by atoms with van der Waals surface area (Å²) in [5.41, 5.74) is 3.05. The van der Waals surface area contributed by atoms with Crippen molar-refractivity contribution in [3.05, 3.63) is 87.3 Å². The Hall–Kier alpha value is -2.38. The smallest absolute Gasteiger partial charge is 0.231 e. The van der Waals surface area contributed by atoms with Crippen molar-refractivity contribution < 1.29 is 0 Å². The van der Waals surface area contributed by atoms with Gasteiger partial charge in [0.25, 0.3) is 0 Å². The molecule has 0 saturated heterocycles. The maximum Gasteiger partial charge on any atom is 0.231 e. The minimum absolute atomic E-state index is 0.587. The molecule has 1 aliphatic rings. The molecule has 0 amide bonds. The number of hydrogen-bond donors (Lipinski definition) is 0. The molecule has 4 aromatic rings. The highest BCUT2D eigenvalue weighted by Gasteiger charge is 2.24. The second-order valence-electron chi connectivity index (χ2n) is 6.53. The first-order chi connectivity index (χ1) is 14.7. The van der Waals surface area contributed by atoms with E-state index in [1.165, 1.54) is 21.1 Å². The summed E-state index contributed by atoms with van der Waals surface area (Å²) in [5.74, 6) is 0. The minimum Gasteiger partial charge on any atom is -0.333 e. The van der Waals surface area contributed by atoms with Crippen LogP contribution in [0.15, 0.2) is 81.5 Å². The van der Waals surface area contributed by atoms with Gasteiger partial charge in [-0.15, -0.1) is 10.2 Å². The maximum atomic E-state index is 6.30. The van der Waals surface area contributed by atoms with Crippen LogP contribution in [-0.2, 0) is 6.54 Å². The molecule has 148 valence electrons. The molecule has 1 aromatic heterocycles. The molecule has 2 heterocycles. The van der Waals surface area contributed by atoms with Crippen LogP contribution in [-0.4, -0.2) is 16.4 Å². The summed E-state index contributed by atoms with van der Waals surface area (Å²) in [4.78, 5) is 9.05. The van der Waals surface area contributed by atoms with Crippen LogP contribution < -0.4 is 4.90 Å². The lowest BCUT2D eigenvalue weighted by Gasteiger charge is -2.32. The fourth-order valence-corrected chi connectivity index (χ4v) is 5.27. The fraction of sp³-hybridized carbons (Fsp3) is 0.0455. The zero-order valence-corrected chi connectivity index (χ0v) is 18.6. The third-order valence-electron chi connectivity index (χ3n) is 4.56. The molecule has 0 spiro atoms. The van der Waals surface area contributed by atoms with Crippen LogP contribution in [0, 0.1) is 0 Å². The standard InChI is InChI=1S/C22H14Cl2N4S2/c23-15-9-10-20-18(11-15)28(17-7-3-4-8-19(17)29-20)13-21-26-27-22(30-21)25-12-14-5-1-2-6-16(14)24/h1-12H,13H2/b25-12+. The largest absolute Gasteiger partial charge is 0.333 e. The molecule has 8 heteroatoms. The van der Waals surface area contributed by atoms with E-state index in [0.29, 0.717) is 21.7 Å². The minimum atomic E-state index is 0.587. The quantitative estimate of drug-likeness (QED) is 0.292. The lowest BCUT2D eigenvalue weighted by atomic mass is 10.2. The number of rotatable bonds is 4. The Balaban J connectivity index is 1.44. The average molecular weight is 469 g/mol. The molecule has 3 aromatic carbocycles. The van der Waals surface area contributed by atoms with Crippen LogP contribution in [0.5, 0.6) is 0 Å². The molecule has 1 aliphatic heterocycles. The van der Waals surface area contributed by atoms with E-state index in [2.05, 4.69) is 44.4 Å². The third kappa shape index (κ3) is 3.96. The lowest BCUT2D eigenvalue weighted by Crippen LogP contribution is -2.20. The first kappa shape index (κ1) is 19.6. The van der Waals surface area contributed by atoms with Crippen molar-refractivity contribution in [1.29, 1.82) is 0 Å². The SMILES string of the molecule is Clc1ccc2c(c1)N(Cc1nnc(/N=C/c3ccccc3Cl)s1)c1ccccc1S2. The monoisotopic (exact) mass is 468 g/mol. The lowest BCUT2D eigenvalue weighted by molar-refractivity contribution is 0.893. The molecule has 30 heavy (non-hydrogen) atoms. The van der Waals surface area contributed by atoms with Crippen LogP contribution in [0.1, 0.15) is 10.6 Å². The average Bonchev–Trinajstić information content (AvgIpc) is 3.21. The third-order valence-corrected chi connectivity index (χ3v) is 7.08. The summed E-state index contributed by atoms with van der Waals surface area (Å²) in [6.07, 6.45) is 1.72. The van der Waals surface area contributed by atoms with Gasteiger partial charge in [0, 0.05) is 31.6 Å². The van der Waals surface area contributed by atoms with Gasteiger partial charge in [0.1, 0.15) is 5.01 Å². The highest BCUT2D eigenvalue weighted by molar-refractivity contribution is 7.99. The van der Waals surface area contributed by atoms with Crippen LogP contribution in [0.4, 0.5) is 16.5 Å². The van der Waals surface area contributed by atoms with Gasteiger partial charge in [-0.1, -0.05) is 76.6 Å². The Labute approximate surface area is 192 Å². The van der Waals surface area contributed by atoms with Crippen LogP contribution in [0.2, 0.25) is 10.0 Å². The Kier molecular flexibility index (Phi) is 5.48. The topological polar surface area (TPSA) is 41.4 Å². The summed E-state index contributed by atoms with van der Waals surface area (Å²) in [7, 11) is 0. The Morgan fingerprint density at radius 2 is 1.70 bits per heavy atom. The van der Waals surface area contributed by atoms with Crippen molar-refractivity contribution in [2.24, 2.45) is 4.99 Å².